The first-order valence-corrected chi connectivity index (χ1v) is 5.98. The Hall–Kier alpha value is -0.790. The summed E-state index contributed by atoms with van der Waals surface area (Å²) in [6.45, 7) is 7.35. The first kappa shape index (κ1) is 14.2. The number of hydrogen-bond donors (Lipinski definition) is 0. The Morgan fingerprint density at radius 3 is 2.53 bits per heavy atom. The van der Waals surface area contributed by atoms with Crippen LogP contribution in [-0.2, 0) is 9.53 Å². The van der Waals surface area contributed by atoms with Crippen LogP contribution in [0.25, 0.3) is 0 Å². The van der Waals surface area contributed by atoms with E-state index in [0.29, 0.717) is 0 Å². The van der Waals surface area contributed by atoms with Gasteiger partial charge in [-0.05, 0) is 12.8 Å². The molecule has 15 heavy (non-hydrogen) atoms. The quantitative estimate of drug-likeness (QED) is 0.329. The van der Waals surface area contributed by atoms with Crippen LogP contribution in [0.4, 0.5) is 0 Å². The molecule has 0 saturated carbocycles. The fourth-order valence-electron chi connectivity index (χ4n) is 1.62. The van der Waals surface area contributed by atoms with Gasteiger partial charge in [0.2, 0.25) is 0 Å². The lowest BCUT2D eigenvalue weighted by atomic mass is 10.1. The summed E-state index contributed by atoms with van der Waals surface area (Å²) in [6, 6.07) is 0. The highest BCUT2D eigenvalue weighted by Gasteiger charge is 2.09. The van der Waals surface area contributed by atoms with Crippen LogP contribution in [0.2, 0.25) is 0 Å². The van der Waals surface area contributed by atoms with Gasteiger partial charge >= 0.3 is 5.97 Å². The summed E-state index contributed by atoms with van der Waals surface area (Å²) >= 11 is 0. The molecule has 0 rings (SSSR count). The molecule has 0 saturated heterocycles. The van der Waals surface area contributed by atoms with Crippen molar-refractivity contribution in [1.82, 2.24) is 0 Å². The first-order chi connectivity index (χ1) is 7.20. The van der Waals surface area contributed by atoms with E-state index in [9.17, 15) is 4.79 Å². The molecule has 0 fully saturated rings. The van der Waals surface area contributed by atoms with Crippen LogP contribution in [-0.4, -0.2) is 12.1 Å². The van der Waals surface area contributed by atoms with E-state index in [1.807, 2.05) is 6.08 Å². The molecule has 0 heterocycles. The van der Waals surface area contributed by atoms with Crippen molar-refractivity contribution in [3.63, 3.8) is 0 Å². The van der Waals surface area contributed by atoms with Crippen molar-refractivity contribution >= 4 is 5.97 Å². The maximum atomic E-state index is 10.8. The summed E-state index contributed by atoms with van der Waals surface area (Å²) in [5, 5.41) is 0. The molecular formula is C13H24O2. The van der Waals surface area contributed by atoms with Gasteiger partial charge in [-0.15, -0.1) is 6.58 Å². The number of unbranched alkanes of at least 4 members (excludes halogenated alkanes) is 4. The Bertz CT molecular complexity index is 175. The molecule has 0 N–H and O–H groups in total. The van der Waals surface area contributed by atoms with E-state index < -0.39 is 0 Å². The number of hydrogen-bond acceptors (Lipinski definition) is 2. The molecular weight excluding hydrogens is 188 g/mol. The average Bonchev–Trinajstić information content (AvgIpc) is 2.17. The lowest BCUT2D eigenvalue weighted by Crippen LogP contribution is -2.15. The number of ether oxygens (including phenoxy) is 1. The average molecular weight is 212 g/mol. The van der Waals surface area contributed by atoms with Gasteiger partial charge in [-0.1, -0.05) is 38.7 Å². The second-order valence-electron chi connectivity index (χ2n) is 3.96. The van der Waals surface area contributed by atoms with Crippen molar-refractivity contribution in [3.8, 4) is 0 Å². The Morgan fingerprint density at radius 2 is 2.00 bits per heavy atom. The maximum Gasteiger partial charge on any atom is 0.302 e. The zero-order valence-electron chi connectivity index (χ0n) is 10.1. The minimum absolute atomic E-state index is 0.0432. The van der Waals surface area contributed by atoms with Crippen molar-refractivity contribution < 1.29 is 9.53 Å². The third kappa shape index (κ3) is 9.51. The summed E-state index contributed by atoms with van der Waals surface area (Å²) in [6.07, 6.45) is 9.84. The SMILES string of the molecule is C=CCC(CCCCCCC)OC(C)=O. The van der Waals surface area contributed by atoms with Gasteiger partial charge in [-0.2, -0.15) is 0 Å². The minimum atomic E-state index is -0.185. The molecule has 0 aromatic heterocycles. The summed E-state index contributed by atoms with van der Waals surface area (Å²) in [5.41, 5.74) is 0. The van der Waals surface area contributed by atoms with Crippen LogP contribution in [0.3, 0.4) is 0 Å². The fourth-order valence-corrected chi connectivity index (χ4v) is 1.62. The van der Waals surface area contributed by atoms with Gasteiger partial charge in [0.1, 0.15) is 6.10 Å². The Morgan fingerprint density at radius 1 is 1.33 bits per heavy atom. The predicted octanol–water partition coefficient (Wildman–Crippen LogP) is 3.85. The maximum absolute atomic E-state index is 10.8. The van der Waals surface area contributed by atoms with E-state index in [-0.39, 0.29) is 12.1 Å². The highest BCUT2D eigenvalue weighted by Crippen LogP contribution is 2.12. The van der Waals surface area contributed by atoms with Crippen LogP contribution in [0.15, 0.2) is 12.7 Å². The molecule has 2 heteroatoms. The highest BCUT2D eigenvalue weighted by molar-refractivity contribution is 5.66. The predicted molar refractivity (Wildman–Crippen MR) is 63.7 cm³/mol. The van der Waals surface area contributed by atoms with Gasteiger partial charge in [0.15, 0.2) is 0 Å². The molecule has 0 aromatic rings. The number of carbonyl (C=O) groups excluding carboxylic acids is 1. The second-order valence-corrected chi connectivity index (χ2v) is 3.96. The molecule has 0 aliphatic carbocycles. The van der Waals surface area contributed by atoms with Gasteiger partial charge in [-0.25, -0.2) is 0 Å². The molecule has 0 bridgehead atoms. The van der Waals surface area contributed by atoms with Crippen molar-refractivity contribution in [3.05, 3.63) is 12.7 Å². The first-order valence-electron chi connectivity index (χ1n) is 5.98. The monoisotopic (exact) mass is 212 g/mol. The Labute approximate surface area is 93.7 Å². The molecule has 0 aromatic carbocycles. The Kier molecular flexibility index (Phi) is 9.24. The zero-order chi connectivity index (χ0) is 11.5. The summed E-state index contributed by atoms with van der Waals surface area (Å²) < 4.78 is 5.19. The number of rotatable bonds is 9. The summed E-state index contributed by atoms with van der Waals surface area (Å²) in [5.74, 6) is -0.185. The third-order valence-corrected chi connectivity index (χ3v) is 2.39. The standard InChI is InChI=1S/C13H24O2/c1-4-6-7-8-9-11-13(10-5-2)15-12(3)14/h5,13H,2,4,6-11H2,1,3H3. The molecule has 0 aliphatic heterocycles. The fraction of sp³-hybridized carbons (Fsp3) is 0.769. The zero-order valence-corrected chi connectivity index (χ0v) is 10.1. The van der Waals surface area contributed by atoms with Crippen LogP contribution in [0.5, 0.6) is 0 Å². The number of carbonyl (C=O) groups is 1. The van der Waals surface area contributed by atoms with Crippen molar-refractivity contribution in [2.75, 3.05) is 0 Å². The third-order valence-electron chi connectivity index (χ3n) is 2.39. The largest absolute Gasteiger partial charge is 0.462 e. The van der Waals surface area contributed by atoms with Crippen molar-refractivity contribution in [1.29, 1.82) is 0 Å². The van der Waals surface area contributed by atoms with Crippen LogP contribution in [0, 0.1) is 0 Å². The minimum Gasteiger partial charge on any atom is -0.462 e. The molecule has 0 aliphatic rings. The van der Waals surface area contributed by atoms with E-state index in [1.54, 1.807) is 0 Å². The van der Waals surface area contributed by atoms with Crippen molar-refractivity contribution in [2.24, 2.45) is 0 Å². The topological polar surface area (TPSA) is 26.3 Å². The van der Waals surface area contributed by atoms with E-state index in [0.717, 1.165) is 19.3 Å². The van der Waals surface area contributed by atoms with Crippen molar-refractivity contribution in [2.45, 2.75) is 64.9 Å². The van der Waals surface area contributed by atoms with E-state index in [4.69, 9.17) is 4.74 Å². The molecule has 0 spiro atoms. The van der Waals surface area contributed by atoms with E-state index in [2.05, 4.69) is 13.5 Å². The van der Waals surface area contributed by atoms with Gasteiger partial charge in [0, 0.05) is 13.3 Å². The van der Waals surface area contributed by atoms with Gasteiger partial charge in [0.05, 0.1) is 0 Å². The van der Waals surface area contributed by atoms with Gasteiger partial charge in [0.25, 0.3) is 0 Å². The van der Waals surface area contributed by atoms with Gasteiger partial charge in [-0.3, -0.25) is 4.79 Å². The molecule has 0 radical (unpaired) electrons. The molecule has 1 unspecified atom stereocenters. The molecule has 2 nitrogen and oxygen atoms in total. The summed E-state index contributed by atoms with van der Waals surface area (Å²) in [4.78, 5) is 10.8. The summed E-state index contributed by atoms with van der Waals surface area (Å²) in [7, 11) is 0. The highest BCUT2D eigenvalue weighted by atomic mass is 16.5. The molecule has 1 atom stereocenters. The van der Waals surface area contributed by atoms with E-state index >= 15 is 0 Å². The second kappa shape index (κ2) is 9.75. The van der Waals surface area contributed by atoms with Gasteiger partial charge < -0.3 is 4.74 Å². The normalized spacial score (nSPS) is 12.1. The lowest BCUT2D eigenvalue weighted by Gasteiger charge is -2.14. The molecule has 0 amide bonds. The smallest absolute Gasteiger partial charge is 0.302 e. The number of esters is 1. The van der Waals surface area contributed by atoms with E-state index in [1.165, 1.54) is 32.6 Å². The van der Waals surface area contributed by atoms with Crippen LogP contribution in [0.1, 0.15) is 58.8 Å². The molecule has 88 valence electrons. The Balaban J connectivity index is 3.56. The van der Waals surface area contributed by atoms with Crippen LogP contribution >= 0.6 is 0 Å². The lowest BCUT2D eigenvalue weighted by molar-refractivity contribution is -0.146. The van der Waals surface area contributed by atoms with Crippen LogP contribution < -0.4 is 0 Å².